The first kappa shape index (κ1) is 26.6. The minimum absolute atomic E-state index is 0. The number of hydrogen-bond acceptors (Lipinski definition) is 3. The Kier molecular flexibility index (Phi) is 14.8. The second-order valence-electron chi connectivity index (χ2n) is 6.94. The SMILES string of the molecule is CCOC(CCNC(=NC)NCCC(=O)N(C)Cc1ccccc1)C(C)C.I. The van der Waals surface area contributed by atoms with E-state index >= 15 is 0 Å². The van der Waals surface area contributed by atoms with E-state index in [4.69, 9.17) is 4.74 Å². The van der Waals surface area contributed by atoms with E-state index < -0.39 is 0 Å². The summed E-state index contributed by atoms with van der Waals surface area (Å²) in [6.07, 6.45) is 1.59. The molecule has 2 N–H and O–H groups in total. The number of nitrogens with one attached hydrogen (secondary N) is 2. The molecule has 0 aliphatic heterocycles. The predicted octanol–water partition coefficient (Wildman–Crippen LogP) is 3.27. The summed E-state index contributed by atoms with van der Waals surface area (Å²) in [4.78, 5) is 18.2. The molecule has 28 heavy (non-hydrogen) atoms. The minimum Gasteiger partial charge on any atom is -0.378 e. The zero-order valence-corrected chi connectivity index (χ0v) is 20.2. The van der Waals surface area contributed by atoms with E-state index in [9.17, 15) is 4.79 Å². The molecule has 0 fully saturated rings. The number of aliphatic imine (C=N–C) groups is 1. The summed E-state index contributed by atoms with van der Waals surface area (Å²) in [6, 6.07) is 10.0. The number of guanidine groups is 1. The van der Waals surface area contributed by atoms with Crippen molar-refractivity contribution in [2.24, 2.45) is 10.9 Å². The molecule has 1 amide bonds. The van der Waals surface area contributed by atoms with Crippen LogP contribution in [-0.2, 0) is 16.1 Å². The summed E-state index contributed by atoms with van der Waals surface area (Å²) in [5.74, 6) is 1.31. The molecular formula is C21H37IN4O2. The molecule has 0 heterocycles. The zero-order valence-electron chi connectivity index (χ0n) is 17.9. The van der Waals surface area contributed by atoms with Gasteiger partial charge in [-0.3, -0.25) is 9.79 Å². The summed E-state index contributed by atoms with van der Waals surface area (Å²) in [6.45, 7) is 9.06. The number of ether oxygens (including phenoxy) is 1. The highest BCUT2D eigenvalue weighted by Gasteiger charge is 2.13. The molecule has 0 spiro atoms. The monoisotopic (exact) mass is 504 g/mol. The van der Waals surface area contributed by atoms with E-state index in [2.05, 4.69) is 29.5 Å². The number of nitrogens with zero attached hydrogens (tertiary/aromatic N) is 2. The molecule has 160 valence electrons. The van der Waals surface area contributed by atoms with Gasteiger partial charge in [-0.05, 0) is 24.8 Å². The minimum atomic E-state index is 0. The van der Waals surface area contributed by atoms with Crippen LogP contribution in [0.1, 0.15) is 39.2 Å². The lowest BCUT2D eigenvalue weighted by Gasteiger charge is -2.21. The molecule has 7 heteroatoms. The third-order valence-corrected chi connectivity index (χ3v) is 4.39. The predicted molar refractivity (Wildman–Crippen MR) is 127 cm³/mol. The number of amides is 1. The number of hydrogen-bond donors (Lipinski definition) is 2. The van der Waals surface area contributed by atoms with Gasteiger partial charge in [-0.25, -0.2) is 0 Å². The Hall–Kier alpha value is -1.35. The van der Waals surface area contributed by atoms with Gasteiger partial charge in [0.1, 0.15) is 0 Å². The first-order valence-corrected chi connectivity index (χ1v) is 9.81. The number of carbonyl (C=O) groups is 1. The van der Waals surface area contributed by atoms with Crippen molar-refractivity contribution in [2.75, 3.05) is 33.8 Å². The normalized spacial score (nSPS) is 12.3. The van der Waals surface area contributed by atoms with E-state index in [1.54, 1.807) is 11.9 Å². The molecule has 0 saturated carbocycles. The van der Waals surface area contributed by atoms with Crippen LogP contribution in [0.2, 0.25) is 0 Å². The molecule has 6 nitrogen and oxygen atoms in total. The van der Waals surface area contributed by atoms with Crippen molar-refractivity contribution >= 4 is 35.8 Å². The molecule has 0 aromatic heterocycles. The van der Waals surface area contributed by atoms with Gasteiger partial charge in [0, 0.05) is 46.8 Å². The van der Waals surface area contributed by atoms with Gasteiger partial charge in [0.05, 0.1) is 6.10 Å². The van der Waals surface area contributed by atoms with Crippen LogP contribution in [-0.4, -0.2) is 56.7 Å². The van der Waals surface area contributed by atoms with Crippen molar-refractivity contribution in [3.05, 3.63) is 35.9 Å². The number of halogens is 1. The molecule has 1 unspecified atom stereocenters. The van der Waals surface area contributed by atoms with Crippen molar-refractivity contribution < 1.29 is 9.53 Å². The van der Waals surface area contributed by atoms with Gasteiger partial charge in [0.15, 0.2) is 5.96 Å². The van der Waals surface area contributed by atoms with Gasteiger partial charge in [0.25, 0.3) is 0 Å². The molecule has 0 bridgehead atoms. The molecule has 0 aliphatic carbocycles. The Labute approximate surface area is 187 Å². The van der Waals surface area contributed by atoms with Gasteiger partial charge in [-0.1, -0.05) is 44.2 Å². The molecule has 0 aliphatic rings. The molecule has 0 radical (unpaired) electrons. The molecule has 1 aromatic rings. The lowest BCUT2D eigenvalue weighted by Crippen LogP contribution is -2.41. The van der Waals surface area contributed by atoms with Crippen LogP contribution < -0.4 is 10.6 Å². The van der Waals surface area contributed by atoms with E-state index in [0.717, 1.165) is 25.1 Å². The largest absolute Gasteiger partial charge is 0.378 e. The Bertz CT molecular complexity index is 567. The standard InChI is InChI=1S/C21H36N4O2.HI/c1-6-27-19(17(2)3)12-14-23-21(22-4)24-15-13-20(26)25(5)16-18-10-8-7-9-11-18;/h7-11,17,19H,6,12-16H2,1-5H3,(H2,22,23,24);1H. The highest BCUT2D eigenvalue weighted by Crippen LogP contribution is 2.09. The number of rotatable bonds is 11. The Morgan fingerprint density at radius 3 is 2.39 bits per heavy atom. The van der Waals surface area contributed by atoms with Crippen LogP contribution in [0.15, 0.2) is 35.3 Å². The fourth-order valence-electron chi connectivity index (χ4n) is 2.80. The highest BCUT2D eigenvalue weighted by atomic mass is 127. The first-order valence-electron chi connectivity index (χ1n) is 9.81. The second-order valence-corrected chi connectivity index (χ2v) is 6.94. The maximum absolute atomic E-state index is 12.3. The summed E-state index contributed by atoms with van der Waals surface area (Å²) in [7, 11) is 3.57. The molecule has 0 saturated heterocycles. The fraction of sp³-hybridized carbons (Fsp3) is 0.619. The lowest BCUT2D eigenvalue weighted by molar-refractivity contribution is -0.130. The third kappa shape index (κ3) is 10.8. The second kappa shape index (κ2) is 15.6. The van der Waals surface area contributed by atoms with Crippen molar-refractivity contribution in [3.63, 3.8) is 0 Å². The Balaban J connectivity index is 0.00000729. The average molecular weight is 504 g/mol. The van der Waals surface area contributed by atoms with Gasteiger partial charge >= 0.3 is 0 Å². The molecule has 1 rings (SSSR count). The zero-order chi connectivity index (χ0) is 20.1. The summed E-state index contributed by atoms with van der Waals surface area (Å²) in [5.41, 5.74) is 1.13. The van der Waals surface area contributed by atoms with Crippen LogP contribution in [0.3, 0.4) is 0 Å². The molecule has 1 aromatic carbocycles. The van der Waals surface area contributed by atoms with Gasteiger partial charge in [0.2, 0.25) is 5.91 Å². The van der Waals surface area contributed by atoms with Gasteiger partial charge in [-0.15, -0.1) is 24.0 Å². The van der Waals surface area contributed by atoms with E-state index in [1.165, 1.54) is 0 Å². The maximum atomic E-state index is 12.3. The van der Waals surface area contributed by atoms with Crippen molar-refractivity contribution in [1.29, 1.82) is 0 Å². The van der Waals surface area contributed by atoms with Crippen LogP contribution in [0.25, 0.3) is 0 Å². The molecular weight excluding hydrogens is 467 g/mol. The van der Waals surface area contributed by atoms with Crippen molar-refractivity contribution in [3.8, 4) is 0 Å². The van der Waals surface area contributed by atoms with Crippen molar-refractivity contribution in [2.45, 2.75) is 46.3 Å². The quantitative estimate of drug-likeness (QED) is 0.276. The summed E-state index contributed by atoms with van der Waals surface area (Å²) < 4.78 is 5.76. The Morgan fingerprint density at radius 2 is 1.82 bits per heavy atom. The number of carbonyl (C=O) groups excluding carboxylic acids is 1. The highest BCUT2D eigenvalue weighted by molar-refractivity contribution is 14.0. The lowest BCUT2D eigenvalue weighted by atomic mass is 10.0. The third-order valence-electron chi connectivity index (χ3n) is 4.39. The number of benzene rings is 1. The van der Waals surface area contributed by atoms with Crippen molar-refractivity contribution in [1.82, 2.24) is 15.5 Å². The summed E-state index contributed by atoms with van der Waals surface area (Å²) >= 11 is 0. The Morgan fingerprint density at radius 1 is 1.18 bits per heavy atom. The van der Waals surface area contributed by atoms with E-state index in [-0.39, 0.29) is 36.0 Å². The van der Waals surface area contributed by atoms with Crippen LogP contribution in [0, 0.1) is 5.92 Å². The van der Waals surface area contributed by atoms with Crippen LogP contribution in [0.4, 0.5) is 0 Å². The van der Waals surface area contributed by atoms with E-state index in [1.807, 2.05) is 44.3 Å². The van der Waals surface area contributed by atoms with Gasteiger partial charge in [-0.2, -0.15) is 0 Å². The van der Waals surface area contributed by atoms with Gasteiger partial charge < -0.3 is 20.3 Å². The fourth-order valence-corrected chi connectivity index (χ4v) is 2.80. The summed E-state index contributed by atoms with van der Waals surface area (Å²) in [5, 5.41) is 6.49. The molecule has 1 atom stereocenters. The van der Waals surface area contributed by atoms with Crippen LogP contribution >= 0.6 is 24.0 Å². The van der Waals surface area contributed by atoms with Crippen LogP contribution in [0.5, 0.6) is 0 Å². The average Bonchev–Trinajstić information content (AvgIpc) is 2.66. The van der Waals surface area contributed by atoms with E-state index in [0.29, 0.717) is 31.4 Å². The topological polar surface area (TPSA) is 66.0 Å². The maximum Gasteiger partial charge on any atom is 0.224 e. The smallest absolute Gasteiger partial charge is 0.224 e. The first-order chi connectivity index (χ1) is 13.0.